The second-order valence-electron chi connectivity index (χ2n) is 6.18. The minimum absolute atomic E-state index is 0.000781. The molecule has 0 spiro atoms. The SMILES string of the molecule is CN1C(=O)[C@@H](CC(=O)Nc2ccccc2F)SC1=Nc1cccc(C(F)(F)F)c1. The Bertz CT molecular complexity index is 978. The third-order valence-electron chi connectivity index (χ3n) is 4.06. The Balaban J connectivity index is 1.72. The van der Waals surface area contributed by atoms with Crippen LogP contribution in [-0.2, 0) is 15.8 Å². The van der Waals surface area contributed by atoms with E-state index >= 15 is 0 Å². The molecule has 0 aromatic heterocycles. The molecule has 152 valence electrons. The van der Waals surface area contributed by atoms with Gasteiger partial charge in [0.05, 0.1) is 16.9 Å². The standard InChI is InChI=1S/C19H15F4N3O2S/c1-26-17(28)15(10-16(27)25-14-8-3-2-7-13(14)20)29-18(26)24-12-6-4-5-11(9-12)19(21,22)23/h2-9,15H,10H2,1H3,(H,25,27)/t15-/m1/s1. The van der Waals surface area contributed by atoms with Crippen LogP contribution in [0.1, 0.15) is 12.0 Å². The Labute approximate surface area is 167 Å². The van der Waals surface area contributed by atoms with Crippen LogP contribution in [0.15, 0.2) is 53.5 Å². The van der Waals surface area contributed by atoms with Gasteiger partial charge in [0.15, 0.2) is 5.17 Å². The fourth-order valence-corrected chi connectivity index (χ4v) is 3.75. The molecule has 2 amide bonds. The maximum absolute atomic E-state index is 13.6. The maximum Gasteiger partial charge on any atom is 0.416 e. The van der Waals surface area contributed by atoms with Gasteiger partial charge in [-0.1, -0.05) is 30.0 Å². The molecule has 0 saturated carbocycles. The molecular formula is C19H15F4N3O2S. The average molecular weight is 425 g/mol. The monoisotopic (exact) mass is 425 g/mol. The number of rotatable bonds is 4. The summed E-state index contributed by atoms with van der Waals surface area (Å²) < 4.78 is 52.2. The van der Waals surface area contributed by atoms with Gasteiger partial charge in [0, 0.05) is 13.5 Å². The number of nitrogens with zero attached hydrogens (tertiary/aromatic N) is 2. The number of carbonyl (C=O) groups is 2. The Morgan fingerprint density at radius 3 is 2.62 bits per heavy atom. The number of anilines is 1. The lowest BCUT2D eigenvalue weighted by atomic mass is 10.2. The lowest BCUT2D eigenvalue weighted by Crippen LogP contribution is -2.30. The Kier molecular flexibility index (Phi) is 5.92. The van der Waals surface area contributed by atoms with E-state index in [0.29, 0.717) is 0 Å². The zero-order valence-electron chi connectivity index (χ0n) is 15.0. The van der Waals surface area contributed by atoms with Crippen LogP contribution in [0.2, 0.25) is 0 Å². The number of amides is 2. The maximum atomic E-state index is 13.6. The van der Waals surface area contributed by atoms with Crippen molar-refractivity contribution in [2.24, 2.45) is 4.99 Å². The first-order valence-electron chi connectivity index (χ1n) is 8.39. The van der Waals surface area contributed by atoms with Crippen molar-refractivity contribution in [3.63, 3.8) is 0 Å². The summed E-state index contributed by atoms with van der Waals surface area (Å²) in [6.45, 7) is 0. The summed E-state index contributed by atoms with van der Waals surface area (Å²) in [5.74, 6) is -1.57. The number of aliphatic imine (C=N–C) groups is 1. The number of halogens is 4. The molecule has 1 heterocycles. The van der Waals surface area contributed by atoms with Crippen molar-refractivity contribution in [3.05, 3.63) is 59.9 Å². The normalized spacial score (nSPS) is 18.4. The van der Waals surface area contributed by atoms with Gasteiger partial charge in [0.2, 0.25) is 11.8 Å². The second-order valence-corrected chi connectivity index (χ2v) is 7.35. The zero-order chi connectivity index (χ0) is 21.2. The van der Waals surface area contributed by atoms with Crippen molar-refractivity contribution in [3.8, 4) is 0 Å². The first-order valence-corrected chi connectivity index (χ1v) is 9.27. The van der Waals surface area contributed by atoms with Crippen molar-refractivity contribution in [1.29, 1.82) is 0 Å². The van der Waals surface area contributed by atoms with Gasteiger partial charge in [-0.25, -0.2) is 9.38 Å². The van der Waals surface area contributed by atoms with Gasteiger partial charge >= 0.3 is 6.18 Å². The Morgan fingerprint density at radius 2 is 1.93 bits per heavy atom. The van der Waals surface area contributed by atoms with Crippen molar-refractivity contribution in [2.45, 2.75) is 17.8 Å². The van der Waals surface area contributed by atoms with Crippen molar-refractivity contribution in [1.82, 2.24) is 4.90 Å². The molecule has 0 unspecified atom stereocenters. The number of hydrogen-bond donors (Lipinski definition) is 1. The number of para-hydroxylation sites is 1. The zero-order valence-corrected chi connectivity index (χ0v) is 15.9. The molecule has 0 radical (unpaired) electrons. The minimum Gasteiger partial charge on any atom is -0.324 e. The fraction of sp³-hybridized carbons (Fsp3) is 0.211. The highest BCUT2D eigenvalue weighted by molar-refractivity contribution is 8.15. The van der Waals surface area contributed by atoms with E-state index in [1.165, 1.54) is 42.3 Å². The highest BCUT2D eigenvalue weighted by Crippen LogP contribution is 2.34. The van der Waals surface area contributed by atoms with Gasteiger partial charge in [-0.3, -0.25) is 14.5 Å². The number of thioether (sulfide) groups is 1. The van der Waals surface area contributed by atoms with E-state index in [2.05, 4.69) is 10.3 Å². The predicted molar refractivity (Wildman–Crippen MR) is 102 cm³/mol. The third kappa shape index (κ3) is 4.94. The summed E-state index contributed by atoms with van der Waals surface area (Å²) in [6, 6.07) is 10.0. The molecule has 1 aliphatic rings. The number of amidine groups is 1. The smallest absolute Gasteiger partial charge is 0.324 e. The number of alkyl halides is 3. The summed E-state index contributed by atoms with van der Waals surface area (Å²) in [6.07, 6.45) is -4.74. The quantitative estimate of drug-likeness (QED) is 0.737. The molecule has 1 saturated heterocycles. The predicted octanol–water partition coefficient (Wildman–Crippen LogP) is 4.43. The Morgan fingerprint density at radius 1 is 1.21 bits per heavy atom. The molecule has 3 rings (SSSR count). The first-order chi connectivity index (χ1) is 13.6. The van der Waals surface area contributed by atoms with Crippen LogP contribution < -0.4 is 5.32 Å². The fourth-order valence-electron chi connectivity index (χ4n) is 2.59. The van der Waals surface area contributed by atoms with Gasteiger partial charge in [0.25, 0.3) is 0 Å². The summed E-state index contributed by atoms with van der Waals surface area (Å²) in [4.78, 5) is 29.8. The van der Waals surface area contributed by atoms with Crippen LogP contribution in [0.25, 0.3) is 0 Å². The molecule has 2 aromatic carbocycles. The largest absolute Gasteiger partial charge is 0.416 e. The van der Waals surface area contributed by atoms with Crippen LogP contribution >= 0.6 is 11.8 Å². The van der Waals surface area contributed by atoms with Crippen LogP contribution in [0.5, 0.6) is 0 Å². The van der Waals surface area contributed by atoms with Crippen molar-refractivity contribution in [2.75, 3.05) is 12.4 Å². The highest BCUT2D eigenvalue weighted by atomic mass is 32.2. The molecule has 10 heteroatoms. The van der Waals surface area contributed by atoms with E-state index in [4.69, 9.17) is 0 Å². The molecule has 0 bridgehead atoms. The first kappa shape index (κ1) is 20.8. The molecule has 1 N–H and O–H groups in total. The van der Waals surface area contributed by atoms with Gasteiger partial charge in [-0.15, -0.1) is 0 Å². The molecule has 5 nitrogen and oxygen atoms in total. The summed E-state index contributed by atoms with van der Waals surface area (Å²) >= 11 is 0.969. The summed E-state index contributed by atoms with van der Waals surface area (Å²) in [5, 5.41) is 1.77. The van der Waals surface area contributed by atoms with Crippen LogP contribution in [0, 0.1) is 5.82 Å². The third-order valence-corrected chi connectivity index (χ3v) is 5.29. The van der Waals surface area contributed by atoms with Crippen LogP contribution in [0.3, 0.4) is 0 Å². The molecule has 1 fully saturated rings. The van der Waals surface area contributed by atoms with Crippen molar-refractivity contribution < 1.29 is 27.2 Å². The molecule has 2 aromatic rings. The molecular weight excluding hydrogens is 410 g/mol. The van der Waals surface area contributed by atoms with E-state index in [-0.39, 0.29) is 23.0 Å². The van der Waals surface area contributed by atoms with Gasteiger partial charge in [-0.05, 0) is 30.3 Å². The van der Waals surface area contributed by atoms with E-state index in [1.807, 2.05) is 0 Å². The number of nitrogens with one attached hydrogen (secondary N) is 1. The molecule has 29 heavy (non-hydrogen) atoms. The lowest BCUT2D eigenvalue weighted by molar-refractivity contribution is -0.137. The molecule has 1 aliphatic heterocycles. The average Bonchev–Trinajstić information content (AvgIpc) is 2.91. The van der Waals surface area contributed by atoms with E-state index in [9.17, 15) is 27.2 Å². The van der Waals surface area contributed by atoms with Crippen LogP contribution in [0.4, 0.5) is 28.9 Å². The number of hydrogen-bond acceptors (Lipinski definition) is 4. The Hall–Kier alpha value is -2.88. The number of benzene rings is 2. The number of carbonyl (C=O) groups excluding carboxylic acids is 2. The second kappa shape index (κ2) is 8.24. The van der Waals surface area contributed by atoms with Crippen LogP contribution in [-0.4, -0.2) is 34.2 Å². The highest BCUT2D eigenvalue weighted by Gasteiger charge is 2.37. The van der Waals surface area contributed by atoms with E-state index in [0.717, 1.165) is 23.9 Å². The molecule has 0 aliphatic carbocycles. The van der Waals surface area contributed by atoms with Crippen molar-refractivity contribution >= 4 is 40.1 Å². The summed E-state index contributed by atoms with van der Waals surface area (Å²) in [5.41, 5.74) is -0.810. The minimum atomic E-state index is -4.51. The molecule has 1 atom stereocenters. The van der Waals surface area contributed by atoms with E-state index in [1.54, 1.807) is 6.07 Å². The van der Waals surface area contributed by atoms with Gasteiger partial charge < -0.3 is 5.32 Å². The topological polar surface area (TPSA) is 61.8 Å². The van der Waals surface area contributed by atoms with Gasteiger partial charge in [-0.2, -0.15) is 13.2 Å². The lowest BCUT2D eigenvalue weighted by Gasteiger charge is -2.10. The summed E-state index contributed by atoms with van der Waals surface area (Å²) in [7, 11) is 1.43. The van der Waals surface area contributed by atoms with E-state index < -0.39 is 34.6 Å². The van der Waals surface area contributed by atoms with Gasteiger partial charge in [0.1, 0.15) is 11.1 Å².